The van der Waals surface area contributed by atoms with E-state index in [1.54, 1.807) is 0 Å². The van der Waals surface area contributed by atoms with Crippen molar-refractivity contribution in [3.63, 3.8) is 0 Å². The monoisotopic (exact) mass is 817 g/mol. The minimum Gasteiger partial charge on any atom is -0.466 e. The van der Waals surface area contributed by atoms with E-state index in [0.717, 1.165) is 18.8 Å². The van der Waals surface area contributed by atoms with Crippen LogP contribution < -0.4 is 0 Å². The normalized spacial score (nSPS) is 11.7. The fraction of sp³-hybridized carbons (Fsp3) is 0.982. The minimum atomic E-state index is 0.0333. The molecule has 58 heavy (non-hydrogen) atoms. The zero-order valence-electron chi connectivity index (χ0n) is 41.0. The Bertz CT molecular complexity index is 730. The molecule has 348 valence electrons. The topological polar surface area (TPSA) is 26.3 Å². The molecule has 2 heteroatoms. The van der Waals surface area contributed by atoms with Crippen LogP contribution in [0.15, 0.2) is 0 Å². The first-order valence-electron chi connectivity index (χ1n) is 27.8. The quantitative estimate of drug-likeness (QED) is 0.0451. The molecule has 0 spiro atoms. The molecule has 2 nitrogen and oxygen atoms in total. The van der Waals surface area contributed by atoms with Gasteiger partial charge < -0.3 is 4.74 Å². The number of hydrogen-bond donors (Lipinski definition) is 0. The molecule has 0 atom stereocenters. The fourth-order valence-electron chi connectivity index (χ4n) is 9.03. The third-order valence-corrected chi connectivity index (χ3v) is 13.2. The largest absolute Gasteiger partial charge is 0.466 e. The van der Waals surface area contributed by atoms with E-state index in [9.17, 15) is 4.79 Å². The summed E-state index contributed by atoms with van der Waals surface area (Å²) in [5, 5.41) is 0. The first-order chi connectivity index (χ1) is 28.7. The summed E-state index contributed by atoms with van der Waals surface area (Å²) in [6.07, 6.45) is 69.9. The Morgan fingerprint density at radius 2 is 0.500 bits per heavy atom. The number of carbonyl (C=O) groups excluding carboxylic acids is 1. The van der Waals surface area contributed by atoms with Crippen molar-refractivity contribution in [1.82, 2.24) is 0 Å². The van der Waals surface area contributed by atoms with Gasteiger partial charge in [0.1, 0.15) is 0 Å². The molecule has 0 bridgehead atoms. The summed E-state index contributed by atoms with van der Waals surface area (Å²) in [7, 11) is 0. The van der Waals surface area contributed by atoms with Gasteiger partial charge in [-0.2, -0.15) is 0 Å². The lowest BCUT2D eigenvalue weighted by atomic mass is 10.0. The Kier molecular flexibility index (Phi) is 52.1. The van der Waals surface area contributed by atoms with E-state index in [1.807, 2.05) is 0 Å². The second kappa shape index (κ2) is 52.6. The van der Waals surface area contributed by atoms with Gasteiger partial charge in [0.2, 0.25) is 0 Å². The Morgan fingerprint density at radius 1 is 0.293 bits per heavy atom. The first-order valence-corrected chi connectivity index (χ1v) is 27.8. The summed E-state index contributed by atoms with van der Waals surface area (Å²) in [6, 6.07) is 0. The van der Waals surface area contributed by atoms with E-state index >= 15 is 0 Å². The molecule has 0 saturated heterocycles. The lowest BCUT2D eigenvalue weighted by Gasteiger charge is -2.06. The van der Waals surface area contributed by atoms with Crippen LogP contribution in [0.1, 0.15) is 342 Å². The molecule has 0 aliphatic rings. The van der Waals surface area contributed by atoms with Gasteiger partial charge in [0.05, 0.1) is 6.61 Å². The molecular weight excluding hydrogens is 705 g/mol. The van der Waals surface area contributed by atoms with Crippen LogP contribution in [0.25, 0.3) is 0 Å². The van der Waals surface area contributed by atoms with Crippen LogP contribution in [0.4, 0.5) is 0 Å². The van der Waals surface area contributed by atoms with Crippen molar-refractivity contribution in [1.29, 1.82) is 0 Å². The van der Waals surface area contributed by atoms with E-state index in [1.165, 1.54) is 302 Å². The van der Waals surface area contributed by atoms with Crippen LogP contribution in [0.2, 0.25) is 0 Å². The van der Waals surface area contributed by atoms with E-state index < -0.39 is 0 Å². The highest BCUT2D eigenvalue weighted by Crippen LogP contribution is 2.18. The van der Waals surface area contributed by atoms with Gasteiger partial charge in [0, 0.05) is 6.42 Å². The van der Waals surface area contributed by atoms with Gasteiger partial charge >= 0.3 is 5.97 Å². The van der Waals surface area contributed by atoms with Gasteiger partial charge in [-0.1, -0.05) is 323 Å². The van der Waals surface area contributed by atoms with Crippen LogP contribution in [-0.4, -0.2) is 12.6 Å². The van der Waals surface area contributed by atoms with Crippen molar-refractivity contribution < 1.29 is 9.53 Å². The van der Waals surface area contributed by atoms with E-state index in [-0.39, 0.29) is 5.97 Å². The van der Waals surface area contributed by atoms with Crippen molar-refractivity contribution in [2.45, 2.75) is 342 Å². The first kappa shape index (κ1) is 57.5. The lowest BCUT2D eigenvalue weighted by Crippen LogP contribution is -2.05. The summed E-state index contributed by atoms with van der Waals surface area (Å²) in [4.78, 5) is 12.1. The molecule has 0 aromatic rings. The molecular formula is C56H112O2. The molecule has 0 aromatic carbocycles. The summed E-state index contributed by atoms with van der Waals surface area (Å²) < 4.78 is 5.49. The Hall–Kier alpha value is -0.530. The average Bonchev–Trinajstić information content (AvgIpc) is 3.22. The standard InChI is InChI=1S/C56H112O2/c1-4-5-6-7-8-9-10-11-12-13-14-15-16-17-18-19-20-21-22-23-24-25-26-27-28-29-30-31-32-35-38-41-44-47-50-53-56(57)58-54-51-48-45-42-39-36-33-34-37-40-43-46-49-52-55(2)3/h55H,4-54H2,1-3H3. The minimum absolute atomic E-state index is 0.0333. The van der Waals surface area contributed by atoms with E-state index in [2.05, 4.69) is 20.8 Å². The molecule has 0 aliphatic carbocycles. The highest BCUT2D eigenvalue weighted by Gasteiger charge is 2.03. The average molecular weight is 818 g/mol. The highest BCUT2D eigenvalue weighted by molar-refractivity contribution is 5.69. The molecule has 0 rings (SSSR count). The van der Waals surface area contributed by atoms with Gasteiger partial charge in [0.25, 0.3) is 0 Å². The predicted octanol–water partition coefficient (Wildman–Crippen LogP) is 20.7. The van der Waals surface area contributed by atoms with Gasteiger partial charge in [-0.25, -0.2) is 0 Å². The number of ether oxygens (including phenoxy) is 1. The molecule has 0 N–H and O–H groups in total. The number of hydrogen-bond acceptors (Lipinski definition) is 2. The van der Waals surface area contributed by atoms with Crippen molar-refractivity contribution in [2.24, 2.45) is 5.92 Å². The van der Waals surface area contributed by atoms with Crippen LogP contribution in [-0.2, 0) is 9.53 Å². The fourth-order valence-corrected chi connectivity index (χ4v) is 9.03. The molecule has 0 amide bonds. The molecule has 0 fully saturated rings. The van der Waals surface area contributed by atoms with Crippen LogP contribution >= 0.6 is 0 Å². The van der Waals surface area contributed by atoms with Crippen LogP contribution in [0.5, 0.6) is 0 Å². The Balaban J connectivity index is 3.13. The molecule has 0 heterocycles. The molecule has 0 saturated carbocycles. The molecule has 0 aromatic heterocycles. The second-order valence-electron chi connectivity index (χ2n) is 19.8. The lowest BCUT2D eigenvalue weighted by molar-refractivity contribution is -0.143. The smallest absolute Gasteiger partial charge is 0.305 e. The summed E-state index contributed by atoms with van der Waals surface area (Å²) in [6.45, 7) is 7.62. The van der Waals surface area contributed by atoms with Gasteiger partial charge in [-0.05, 0) is 18.8 Å². The zero-order chi connectivity index (χ0) is 41.9. The molecule has 0 radical (unpaired) electrons. The Labute approximate surface area is 368 Å². The maximum atomic E-state index is 12.1. The highest BCUT2D eigenvalue weighted by atomic mass is 16.5. The van der Waals surface area contributed by atoms with E-state index in [0.29, 0.717) is 13.0 Å². The number of carbonyl (C=O) groups is 1. The van der Waals surface area contributed by atoms with Crippen molar-refractivity contribution in [3.8, 4) is 0 Å². The van der Waals surface area contributed by atoms with E-state index in [4.69, 9.17) is 4.74 Å². The summed E-state index contributed by atoms with van der Waals surface area (Å²) >= 11 is 0. The molecule has 0 aliphatic heterocycles. The second-order valence-corrected chi connectivity index (χ2v) is 19.8. The zero-order valence-corrected chi connectivity index (χ0v) is 41.0. The summed E-state index contributed by atoms with van der Waals surface area (Å²) in [5.74, 6) is 0.906. The summed E-state index contributed by atoms with van der Waals surface area (Å²) in [5.41, 5.74) is 0. The van der Waals surface area contributed by atoms with Crippen LogP contribution in [0.3, 0.4) is 0 Å². The van der Waals surface area contributed by atoms with Gasteiger partial charge in [0.15, 0.2) is 0 Å². The van der Waals surface area contributed by atoms with Gasteiger partial charge in [-0.3, -0.25) is 4.79 Å². The van der Waals surface area contributed by atoms with Crippen LogP contribution in [0, 0.1) is 5.92 Å². The maximum Gasteiger partial charge on any atom is 0.305 e. The third kappa shape index (κ3) is 53.5. The van der Waals surface area contributed by atoms with Crippen molar-refractivity contribution >= 4 is 5.97 Å². The maximum absolute atomic E-state index is 12.1. The number of rotatable bonds is 52. The number of esters is 1. The predicted molar refractivity (Wildman–Crippen MR) is 262 cm³/mol. The van der Waals surface area contributed by atoms with Gasteiger partial charge in [-0.15, -0.1) is 0 Å². The third-order valence-electron chi connectivity index (χ3n) is 13.2. The number of unbranched alkanes of at least 4 members (excludes halogenated alkanes) is 46. The van der Waals surface area contributed by atoms with Crippen molar-refractivity contribution in [2.75, 3.05) is 6.61 Å². The molecule has 0 unspecified atom stereocenters. The SMILES string of the molecule is CCCCCCCCCCCCCCCCCCCCCCCCCCCCCCCCCCCCCC(=O)OCCCCCCCCCCCCCCCC(C)C. The Morgan fingerprint density at radius 3 is 0.741 bits per heavy atom. The van der Waals surface area contributed by atoms with Crippen molar-refractivity contribution in [3.05, 3.63) is 0 Å².